The van der Waals surface area contributed by atoms with Crippen LogP contribution in [0.3, 0.4) is 0 Å². The van der Waals surface area contributed by atoms with Gasteiger partial charge in [0.2, 0.25) is 11.8 Å². The second-order valence-electron chi connectivity index (χ2n) is 9.90. The minimum Gasteiger partial charge on any atom is -0.497 e. The Labute approximate surface area is 200 Å². The number of piperidine rings is 1. The number of hydrogen-bond acceptors (Lipinski definition) is 6. The van der Waals surface area contributed by atoms with Crippen LogP contribution in [0.15, 0.2) is 24.3 Å². The molecule has 0 unspecified atom stereocenters. The van der Waals surface area contributed by atoms with E-state index in [-0.39, 0.29) is 30.2 Å². The molecular formula is C25H34N4O5. The predicted molar refractivity (Wildman–Crippen MR) is 124 cm³/mol. The number of piperazine rings is 1. The van der Waals surface area contributed by atoms with Gasteiger partial charge in [-0.2, -0.15) is 0 Å². The van der Waals surface area contributed by atoms with Crippen LogP contribution in [0, 0.1) is 5.92 Å². The average molecular weight is 471 g/mol. The molecule has 0 radical (unpaired) electrons. The van der Waals surface area contributed by atoms with Crippen LogP contribution in [0.25, 0.3) is 0 Å². The van der Waals surface area contributed by atoms with E-state index in [0.29, 0.717) is 50.3 Å². The first-order valence-electron chi connectivity index (χ1n) is 12.3. The summed E-state index contributed by atoms with van der Waals surface area (Å²) in [5, 5.41) is 0. The van der Waals surface area contributed by atoms with Crippen molar-refractivity contribution in [2.75, 3.05) is 60.0 Å². The quantitative estimate of drug-likeness (QED) is 0.654. The van der Waals surface area contributed by atoms with Crippen LogP contribution in [-0.2, 0) is 14.3 Å². The van der Waals surface area contributed by atoms with Gasteiger partial charge in [0.1, 0.15) is 17.5 Å². The molecule has 1 aromatic rings. The van der Waals surface area contributed by atoms with Crippen molar-refractivity contribution >= 4 is 17.7 Å². The number of hydrogen-bond donors (Lipinski definition) is 0. The van der Waals surface area contributed by atoms with Gasteiger partial charge in [-0.3, -0.25) is 19.3 Å². The summed E-state index contributed by atoms with van der Waals surface area (Å²) in [6.45, 7) is 4.18. The normalized spacial score (nSPS) is 25.0. The first-order valence-corrected chi connectivity index (χ1v) is 12.3. The van der Waals surface area contributed by atoms with Crippen molar-refractivity contribution in [3.05, 3.63) is 29.8 Å². The Morgan fingerprint density at radius 3 is 2.12 bits per heavy atom. The number of amides is 3. The molecule has 3 aliphatic heterocycles. The molecule has 0 N–H and O–H groups in total. The third kappa shape index (κ3) is 4.27. The maximum absolute atomic E-state index is 13.8. The largest absolute Gasteiger partial charge is 0.497 e. The Bertz CT molecular complexity index is 931. The molecule has 9 nitrogen and oxygen atoms in total. The molecular weight excluding hydrogens is 436 g/mol. The van der Waals surface area contributed by atoms with E-state index in [2.05, 4.69) is 4.90 Å². The van der Waals surface area contributed by atoms with Crippen molar-refractivity contribution in [1.29, 1.82) is 0 Å². The fraction of sp³-hybridized carbons (Fsp3) is 0.640. The highest BCUT2D eigenvalue weighted by Gasteiger charge is 2.55. The van der Waals surface area contributed by atoms with Crippen molar-refractivity contribution in [3.8, 4) is 5.75 Å². The van der Waals surface area contributed by atoms with E-state index in [0.717, 1.165) is 25.9 Å². The van der Waals surface area contributed by atoms with E-state index in [9.17, 15) is 14.4 Å². The summed E-state index contributed by atoms with van der Waals surface area (Å²) in [7, 11) is 3.63. The molecule has 1 aromatic carbocycles. The number of ether oxygens (including phenoxy) is 2. The molecule has 1 saturated carbocycles. The Morgan fingerprint density at radius 1 is 0.912 bits per heavy atom. The average Bonchev–Trinajstić information content (AvgIpc) is 3.66. The van der Waals surface area contributed by atoms with E-state index >= 15 is 0 Å². The third-order valence-electron chi connectivity index (χ3n) is 7.70. The summed E-state index contributed by atoms with van der Waals surface area (Å²) in [5.74, 6) is 0.784. The van der Waals surface area contributed by atoms with Gasteiger partial charge in [0, 0.05) is 63.6 Å². The van der Waals surface area contributed by atoms with Crippen molar-refractivity contribution in [2.45, 2.75) is 37.5 Å². The molecule has 3 saturated heterocycles. The van der Waals surface area contributed by atoms with Crippen molar-refractivity contribution in [3.63, 3.8) is 0 Å². The number of rotatable bonds is 4. The zero-order chi connectivity index (χ0) is 23.9. The molecule has 1 spiro atoms. The van der Waals surface area contributed by atoms with Crippen molar-refractivity contribution in [2.24, 2.45) is 5.92 Å². The maximum atomic E-state index is 13.8. The van der Waals surface area contributed by atoms with E-state index < -0.39 is 11.8 Å². The lowest BCUT2D eigenvalue weighted by molar-refractivity contribution is -0.146. The van der Waals surface area contributed by atoms with E-state index in [1.807, 2.05) is 16.8 Å². The maximum Gasteiger partial charge on any atom is 0.256 e. The van der Waals surface area contributed by atoms with Gasteiger partial charge in [-0.05, 0) is 44.2 Å². The number of benzene rings is 1. The summed E-state index contributed by atoms with van der Waals surface area (Å²) in [4.78, 5) is 47.7. The molecule has 34 heavy (non-hydrogen) atoms. The Balaban J connectivity index is 1.39. The number of methoxy groups -OCH3 is 1. The van der Waals surface area contributed by atoms with Crippen LogP contribution in [0.4, 0.5) is 0 Å². The predicted octanol–water partition coefficient (Wildman–Crippen LogP) is 1.04. The fourth-order valence-corrected chi connectivity index (χ4v) is 5.33. The molecule has 4 aliphatic rings. The second-order valence-corrected chi connectivity index (χ2v) is 9.90. The van der Waals surface area contributed by atoms with Crippen LogP contribution in [0.1, 0.15) is 36.0 Å². The van der Waals surface area contributed by atoms with E-state index in [1.54, 1.807) is 36.3 Å². The first kappa shape index (κ1) is 23.1. The van der Waals surface area contributed by atoms with Crippen LogP contribution >= 0.6 is 0 Å². The van der Waals surface area contributed by atoms with Crippen LogP contribution in [-0.4, -0.2) is 109 Å². The fourth-order valence-electron chi connectivity index (χ4n) is 5.33. The zero-order valence-corrected chi connectivity index (χ0v) is 20.1. The number of likely N-dealkylation sites (tertiary alicyclic amines) is 1. The minimum absolute atomic E-state index is 0.0525. The Kier molecular flexibility index (Phi) is 6.24. The molecule has 0 bridgehead atoms. The standard InChI is InChI=1S/C25H34N4O5/c1-26-13-15-28(16-14-26)24(32)21-17-34-25(9-11-27(12-10-25)22(30)18-3-4-18)29(21)23(31)19-5-7-20(33-2)8-6-19/h5-8,18,21H,3-4,9-17H2,1-2H3/t21-/m0/s1. The van der Waals surface area contributed by atoms with Crippen LogP contribution < -0.4 is 4.74 Å². The number of nitrogens with zero attached hydrogens (tertiary/aromatic N) is 4. The van der Waals surface area contributed by atoms with Gasteiger partial charge in [0.15, 0.2) is 0 Å². The molecule has 1 aliphatic carbocycles. The molecule has 1 atom stereocenters. The highest BCUT2D eigenvalue weighted by molar-refractivity contribution is 5.98. The van der Waals surface area contributed by atoms with Gasteiger partial charge >= 0.3 is 0 Å². The Morgan fingerprint density at radius 2 is 1.53 bits per heavy atom. The van der Waals surface area contributed by atoms with Crippen molar-refractivity contribution < 1.29 is 23.9 Å². The van der Waals surface area contributed by atoms with Crippen molar-refractivity contribution in [1.82, 2.24) is 19.6 Å². The molecule has 184 valence electrons. The number of carbonyl (C=O) groups is 3. The number of likely N-dealkylation sites (N-methyl/N-ethyl adjacent to an activating group) is 1. The summed E-state index contributed by atoms with van der Waals surface area (Å²) >= 11 is 0. The van der Waals surface area contributed by atoms with Gasteiger partial charge < -0.3 is 24.2 Å². The summed E-state index contributed by atoms with van der Waals surface area (Å²) in [5.41, 5.74) is -0.372. The summed E-state index contributed by atoms with van der Waals surface area (Å²) in [6.07, 6.45) is 2.97. The SMILES string of the molecule is COc1ccc(C(=O)N2[C@H](C(=O)N3CCN(C)CC3)COC23CCN(C(=O)C2CC2)CC3)cc1. The number of carbonyl (C=O) groups excluding carboxylic acids is 3. The highest BCUT2D eigenvalue weighted by Crippen LogP contribution is 2.40. The lowest BCUT2D eigenvalue weighted by atomic mass is 9.96. The molecule has 3 amide bonds. The lowest BCUT2D eigenvalue weighted by Crippen LogP contribution is -2.61. The van der Waals surface area contributed by atoms with E-state index in [4.69, 9.17) is 9.47 Å². The first-order chi connectivity index (χ1) is 16.4. The van der Waals surface area contributed by atoms with Crippen LogP contribution in [0.5, 0.6) is 5.75 Å². The van der Waals surface area contributed by atoms with Crippen LogP contribution in [0.2, 0.25) is 0 Å². The topological polar surface area (TPSA) is 82.6 Å². The zero-order valence-electron chi connectivity index (χ0n) is 20.1. The second kappa shape index (κ2) is 9.19. The van der Waals surface area contributed by atoms with Gasteiger partial charge in [-0.25, -0.2) is 0 Å². The molecule has 5 rings (SSSR count). The summed E-state index contributed by atoms with van der Waals surface area (Å²) in [6, 6.07) is 6.31. The lowest BCUT2D eigenvalue weighted by Gasteiger charge is -2.45. The smallest absolute Gasteiger partial charge is 0.256 e. The third-order valence-corrected chi connectivity index (χ3v) is 7.70. The van der Waals surface area contributed by atoms with Gasteiger partial charge in [0.05, 0.1) is 13.7 Å². The molecule has 0 aromatic heterocycles. The minimum atomic E-state index is -0.871. The highest BCUT2D eigenvalue weighted by atomic mass is 16.5. The molecule has 4 fully saturated rings. The summed E-state index contributed by atoms with van der Waals surface area (Å²) < 4.78 is 11.6. The molecule has 9 heteroatoms. The van der Waals surface area contributed by atoms with Gasteiger partial charge in [-0.1, -0.05) is 0 Å². The van der Waals surface area contributed by atoms with Gasteiger partial charge in [-0.15, -0.1) is 0 Å². The Hall–Kier alpha value is -2.65. The monoisotopic (exact) mass is 470 g/mol. The van der Waals surface area contributed by atoms with E-state index in [1.165, 1.54) is 0 Å². The molecule has 3 heterocycles. The van der Waals surface area contributed by atoms with Gasteiger partial charge in [0.25, 0.3) is 5.91 Å².